The summed E-state index contributed by atoms with van der Waals surface area (Å²) in [4.78, 5) is 9.70. The highest BCUT2D eigenvalue weighted by Crippen LogP contribution is 2.14. The number of hydrogen-bond donors (Lipinski definition) is 2. The quantitative estimate of drug-likeness (QED) is 0.408. The van der Waals surface area contributed by atoms with E-state index in [9.17, 15) is 4.39 Å². The minimum absolute atomic E-state index is 0. The average molecular weight is 447 g/mol. The van der Waals surface area contributed by atoms with Crippen molar-refractivity contribution in [3.05, 3.63) is 35.6 Å². The van der Waals surface area contributed by atoms with E-state index in [0.717, 1.165) is 31.2 Å². The Morgan fingerprint density at radius 1 is 1.17 bits per heavy atom. The van der Waals surface area contributed by atoms with Crippen molar-refractivity contribution in [3.63, 3.8) is 0 Å². The number of halogens is 2. The van der Waals surface area contributed by atoms with E-state index in [1.165, 1.54) is 38.3 Å². The fourth-order valence-corrected chi connectivity index (χ4v) is 3.23. The first-order chi connectivity index (χ1) is 11.2. The Labute approximate surface area is 160 Å². The summed E-state index contributed by atoms with van der Waals surface area (Å²) in [5, 5.41) is 6.73. The molecule has 24 heavy (non-hydrogen) atoms. The fraction of sp³-hybridized carbons (Fsp3) is 0.588. The van der Waals surface area contributed by atoms with E-state index in [4.69, 9.17) is 0 Å². The van der Waals surface area contributed by atoms with E-state index in [2.05, 4.69) is 32.3 Å². The van der Waals surface area contributed by atoms with Crippen LogP contribution in [0.2, 0.25) is 0 Å². The van der Waals surface area contributed by atoms with E-state index < -0.39 is 0 Å². The van der Waals surface area contributed by atoms with Crippen LogP contribution < -0.4 is 10.6 Å². The third-order valence-electron chi connectivity index (χ3n) is 4.57. The molecule has 3 saturated heterocycles. The van der Waals surface area contributed by atoms with Gasteiger partial charge in [-0.1, -0.05) is 12.1 Å². The summed E-state index contributed by atoms with van der Waals surface area (Å²) in [6, 6.07) is 7.08. The normalized spacial score (nSPS) is 25.9. The van der Waals surface area contributed by atoms with Crippen LogP contribution in [0.25, 0.3) is 0 Å². The van der Waals surface area contributed by atoms with Gasteiger partial charge in [0.2, 0.25) is 0 Å². The van der Waals surface area contributed by atoms with Gasteiger partial charge >= 0.3 is 0 Å². The Hall–Kier alpha value is -0.930. The Morgan fingerprint density at radius 2 is 1.88 bits per heavy atom. The topological polar surface area (TPSA) is 42.9 Å². The van der Waals surface area contributed by atoms with Gasteiger partial charge in [0, 0.05) is 51.9 Å². The molecule has 1 unspecified atom stereocenters. The van der Waals surface area contributed by atoms with Gasteiger partial charge in [-0.15, -0.1) is 24.0 Å². The molecule has 1 atom stereocenters. The summed E-state index contributed by atoms with van der Waals surface area (Å²) in [5.41, 5.74) is 1.01. The molecule has 0 radical (unpaired) electrons. The molecule has 3 heterocycles. The molecule has 0 spiro atoms. The van der Waals surface area contributed by atoms with Gasteiger partial charge in [0.1, 0.15) is 5.82 Å². The minimum atomic E-state index is -0.209. The Morgan fingerprint density at radius 3 is 2.46 bits per heavy atom. The molecular weight excluding hydrogens is 420 g/mol. The van der Waals surface area contributed by atoms with Crippen molar-refractivity contribution in [1.82, 2.24) is 20.4 Å². The van der Waals surface area contributed by atoms with Crippen molar-refractivity contribution in [1.29, 1.82) is 0 Å². The molecule has 5 nitrogen and oxygen atoms in total. The first kappa shape index (κ1) is 19.4. The molecule has 0 aliphatic carbocycles. The average Bonchev–Trinajstić information content (AvgIpc) is 2.60. The fourth-order valence-electron chi connectivity index (χ4n) is 3.23. The van der Waals surface area contributed by atoms with Gasteiger partial charge in [-0.05, 0) is 24.6 Å². The van der Waals surface area contributed by atoms with Gasteiger partial charge in [0.25, 0.3) is 0 Å². The third-order valence-corrected chi connectivity index (χ3v) is 4.57. The highest BCUT2D eigenvalue weighted by atomic mass is 127. The maximum atomic E-state index is 12.9. The number of guanidine groups is 1. The molecule has 134 valence electrons. The third kappa shape index (κ3) is 5.29. The zero-order valence-electron chi connectivity index (χ0n) is 14.2. The molecular formula is C17H27FIN5. The molecule has 3 fully saturated rings. The zero-order chi connectivity index (χ0) is 16.1. The summed E-state index contributed by atoms with van der Waals surface area (Å²) < 4.78 is 12.9. The van der Waals surface area contributed by atoms with Crippen LogP contribution in [0.3, 0.4) is 0 Å². The molecule has 3 aliphatic heterocycles. The van der Waals surface area contributed by atoms with Crippen LogP contribution in [0.15, 0.2) is 29.3 Å². The van der Waals surface area contributed by atoms with Gasteiger partial charge in [-0.2, -0.15) is 0 Å². The molecule has 2 N–H and O–H groups in total. The van der Waals surface area contributed by atoms with E-state index in [1.54, 1.807) is 12.1 Å². The van der Waals surface area contributed by atoms with Gasteiger partial charge in [-0.25, -0.2) is 9.38 Å². The summed E-state index contributed by atoms with van der Waals surface area (Å²) in [6.45, 7) is 10.3. The Balaban J connectivity index is 0.00000208. The number of nitrogens with zero attached hydrogens (tertiary/aromatic N) is 3. The van der Waals surface area contributed by atoms with Crippen molar-refractivity contribution in [2.45, 2.75) is 19.5 Å². The summed E-state index contributed by atoms with van der Waals surface area (Å²) in [7, 11) is 0. The minimum Gasteiger partial charge on any atom is -0.357 e. The Bertz CT molecular complexity index is 528. The summed E-state index contributed by atoms with van der Waals surface area (Å²) in [6.07, 6.45) is 0. The lowest BCUT2D eigenvalue weighted by molar-refractivity contribution is 0.0154. The largest absolute Gasteiger partial charge is 0.357 e. The molecule has 0 aromatic heterocycles. The molecule has 7 heteroatoms. The van der Waals surface area contributed by atoms with Crippen LogP contribution in [-0.2, 0) is 6.54 Å². The predicted molar refractivity (Wildman–Crippen MR) is 106 cm³/mol. The second kappa shape index (κ2) is 9.53. The Kier molecular flexibility index (Phi) is 7.70. The van der Waals surface area contributed by atoms with E-state index >= 15 is 0 Å². The smallest absolute Gasteiger partial charge is 0.191 e. The van der Waals surface area contributed by atoms with Crippen LogP contribution in [0.1, 0.15) is 12.5 Å². The van der Waals surface area contributed by atoms with Crippen molar-refractivity contribution < 1.29 is 4.39 Å². The molecule has 3 aliphatic rings. The molecule has 0 saturated carbocycles. The number of piperazine rings is 3. The number of fused-ring (bicyclic) bond motifs is 3. The monoisotopic (exact) mass is 447 g/mol. The molecule has 2 bridgehead atoms. The zero-order valence-corrected chi connectivity index (χ0v) is 16.5. The van der Waals surface area contributed by atoms with Gasteiger partial charge in [-0.3, -0.25) is 9.80 Å². The SMILES string of the molecule is CCNC(=NCc1ccc(F)cc1)NCC1CN2CCN1CC2.I. The second-order valence-corrected chi connectivity index (χ2v) is 6.19. The predicted octanol–water partition coefficient (Wildman–Crippen LogP) is 1.50. The van der Waals surface area contributed by atoms with Crippen molar-refractivity contribution in [3.8, 4) is 0 Å². The van der Waals surface area contributed by atoms with Gasteiger partial charge in [0.05, 0.1) is 6.54 Å². The maximum Gasteiger partial charge on any atom is 0.191 e. The maximum absolute atomic E-state index is 12.9. The standard InChI is InChI=1S/C17H26FN5.HI/c1-2-19-17(20-11-14-3-5-15(18)6-4-14)21-12-16-13-22-7-9-23(16)10-8-22;/h3-6,16H,2,7-13H2,1H3,(H2,19,20,21);1H. The van der Waals surface area contributed by atoms with Gasteiger partial charge < -0.3 is 10.6 Å². The molecule has 1 aromatic carbocycles. The van der Waals surface area contributed by atoms with Crippen molar-refractivity contribution in [2.24, 2.45) is 4.99 Å². The van der Waals surface area contributed by atoms with Crippen LogP contribution in [-0.4, -0.2) is 67.6 Å². The number of benzene rings is 1. The summed E-state index contributed by atoms with van der Waals surface area (Å²) >= 11 is 0. The lowest BCUT2D eigenvalue weighted by Crippen LogP contribution is -2.63. The highest BCUT2D eigenvalue weighted by Gasteiger charge is 2.31. The van der Waals surface area contributed by atoms with Crippen LogP contribution in [0, 0.1) is 5.82 Å². The lowest BCUT2D eigenvalue weighted by Gasteiger charge is -2.47. The number of aliphatic imine (C=N–C) groups is 1. The van der Waals surface area contributed by atoms with Crippen LogP contribution >= 0.6 is 24.0 Å². The number of rotatable bonds is 5. The van der Waals surface area contributed by atoms with E-state index in [0.29, 0.717) is 12.6 Å². The second-order valence-electron chi connectivity index (χ2n) is 6.19. The lowest BCUT2D eigenvalue weighted by atomic mass is 10.1. The van der Waals surface area contributed by atoms with Crippen LogP contribution in [0.4, 0.5) is 4.39 Å². The van der Waals surface area contributed by atoms with Crippen molar-refractivity contribution >= 4 is 29.9 Å². The number of nitrogens with one attached hydrogen (secondary N) is 2. The first-order valence-corrected chi connectivity index (χ1v) is 8.47. The highest BCUT2D eigenvalue weighted by molar-refractivity contribution is 14.0. The first-order valence-electron chi connectivity index (χ1n) is 8.47. The molecule has 0 amide bonds. The molecule has 4 rings (SSSR count). The summed E-state index contributed by atoms with van der Waals surface area (Å²) in [5.74, 6) is 0.619. The van der Waals surface area contributed by atoms with Gasteiger partial charge in [0.15, 0.2) is 5.96 Å². The molecule has 1 aromatic rings. The van der Waals surface area contributed by atoms with Crippen LogP contribution in [0.5, 0.6) is 0 Å². The van der Waals surface area contributed by atoms with Crippen molar-refractivity contribution in [2.75, 3.05) is 45.8 Å². The van der Waals surface area contributed by atoms with E-state index in [-0.39, 0.29) is 29.8 Å². The number of hydrogen-bond acceptors (Lipinski definition) is 3. The van der Waals surface area contributed by atoms with E-state index in [1.807, 2.05) is 0 Å².